The Labute approximate surface area is 272 Å². The Hall–Kier alpha value is -3.49. The fourth-order valence-electron chi connectivity index (χ4n) is 5.74. The van der Waals surface area contributed by atoms with Gasteiger partial charge in [-0.3, -0.25) is 4.79 Å². The van der Waals surface area contributed by atoms with Crippen LogP contribution in [0.2, 0.25) is 5.02 Å². The van der Waals surface area contributed by atoms with Crippen LogP contribution in [0.15, 0.2) is 90.4 Å². The van der Waals surface area contributed by atoms with E-state index in [4.69, 9.17) is 20.8 Å². The summed E-state index contributed by atoms with van der Waals surface area (Å²) in [6, 6.07) is 14.9. The van der Waals surface area contributed by atoms with Gasteiger partial charge in [-0.05, 0) is 60.9 Å². The maximum atomic E-state index is 13.9. The zero-order chi connectivity index (χ0) is 31.3. The standard InChI is InChI=1S/C31H29ClN4O6S3/c1-18-12-24-27(16-33-18)44-30(34-24)31(38)36-10-9-35(45(39,40)29-14-20-13-21(32)4-6-26(20)43-29)17-22(36)8-11-41-23-5-2-19-3-7-28(37)42-25(19)15-23/h2-7,12-15,22,30,33-34H,8-11,16-17H2,1H3. The van der Waals surface area contributed by atoms with Crippen molar-refractivity contribution < 1.29 is 22.4 Å². The van der Waals surface area contributed by atoms with E-state index < -0.39 is 27.1 Å². The maximum Gasteiger partial charge on any atom is 0.336 e. The van der Waals surface area contributed by atoms with Gasteiger partial charge in [0.2, 0.25) is 0 Å². The maximum absolute atomic E-state index is 13.9. The number of thioether (sulfide) groups is 1. The number of hydrogen-bond acceptors (Lipinski definition) is 10. The third-order valence-electron chi connectivity index (χ3n) is 8.05. The van der Waals surface area contributed by atoms with Crippen molar-refractivity contribution in [3.8, 4) is 5.75 Å². The summed E-state index contributed by atoms with van der Waals surface area (Å²) < 4.78 is 41.6. The SMILES string of the molecule is CC1=CC2=C(CN1)SC(C(=O)N1CCN(S(=O)(=O)c3cc4cc(Cl)ccc4s3)CC1CCOc1ccc3ccc(=O)oc3c1)N2. The molecule has 0 bridgehead atoms. The molecule has 0 aliphatic carbocycles. The van der Waals surface area contributed by atoms with Crippen molar-refractivity contribution in [2.75, 3.05) is 32.8 Å². The fourth-order valence-corrected chi connectivity index (χ4v) is 10.0. The number of carbonyl (C=O) groups is 1. The number of amides is 1. The van der Waals surface area contributed by atoms with Gasteiger partial charge in [-0.2, -0.15) is 4.31 Å². The summed E-state index contributed by atoms with van der Waals surface area (Å²) in [5.41, 5.74) is 1.94. The summed E-state index contributed by atoms with van der Waals surface area (Å²) >= 11 is 8.85. The number of sulfonamides is 1. The van der Waals surface area contributed by atoms with Crippen LogP contribution in [-0.4, -0.2) is 67.7 Å². The number of ether oxygens (including phenoxy) is 1. The van der Waals surface area contributed by atoms with E-state index in [1.165, 1.54) is 33.5 Å². The number of thiophene rings is 1. The number of carbonyl (C=O) groups excluding carboxylic acids is 1. The molecule has 0 saturated carbocycles. The Morgan fingerprint density at radius 3 is 2.82 bits per heavy atom. The molecule has 3 aliphatic rings. The largest absolute Gasteiger partial charge is 0.493 e. The second kappa shape index (κ2) is 12.0. The van der Waals surface area contributed by atoms with Crippen LogP contribution in [0, 0.1) is 0 Å². The number of nitrogens with one attached hydrogen (secondary N) is 2. The van der Waals surface area contributed by atoms with Gasteiger partial charge in [0.25, 0.3) is 15.9 Å². The van der Waals surface area contributed by atoms with Gasteiger partial charge < -0.3 is 24.7 Å². The molecule has 14 heteroatoms. The third kappa shape index (κ3) is 6.07. The predicted molar refractivity (Wildman–Crippen MR) is 177 cm³/mol. The highest BCUT2D eigenvalue weighted by Gasteiger charge is 2.41. The van der Waals surface area contributed by atoms with E-state index in [1.807, 2.05) is 19.1 Å². The van der Waals surface area contributed by atoms with E-state index in [9.17, 15) is 18.0 Å². The summed E-state index contributed by atoms with van der Waals surface area (Å²) in [5.74, 6) is 0.421. The minimum absolute atomic E-state index is 0.0912. The lowest BCUT2D eigenvalue weighted by Crippen LogP contribution is -2.59. The van der Waals surface area contributed by atoms with Gasteiger partial charge in [-0.1, -0.05) is 23.4 Å². The Morgan fingerprint density at radius 2 is 1.96 bits per heavy atom. The van der Waals surface area contributed by atoms with Crippen LogP contribution in [0.3, 0.4) is 0 Å². The van der Waals surface area contributed by atoms with Crippen LogP contribution in [-0.2, 0) is 14.8 Å². The number of rotatable bonds is 7. The molecule has 4 aromatic rings. The second-order valence-electron chi connectivity index (χ2n) is 11.0. The normalized spacial score (nSPS) is 20.6. The first-order valence-corrected chi connectivity index (χ1v) is 17.9. The molecule has 5 heterocycles. The van der Waals surface area contributed by atoms with Gasteiger partial charge in [0.1, 0.15) is 15.5 Å². The van der Waals surface area contributed by atoms with Crippen LogP contribution in [0.4, 0.5) is 0 Å². The zero-order valence-electron chi connectivity index (χ0n) is 24.1. The third-order valence-corrected chi connectivity index (χ3v) is 12.9. The average molecular weight is 685 g/mol. The number of halogens is 1. The van der Waals surface area contributed by atoms with E-state index in [0.717, 1.165) is 31.8 Å². The number of dihydropyridines is 1. The fraction of sp³-hybridized carbons (Fsp3) is 0.290. The molecular weight excluding hydrogens is 656 g/mol. The van der Waals surface area contributed by atoms with Gasteiger partial charge in [0, 0.05) is 82.2 Å². The van der Waals surface area contributed by atoms with Crippen LogP contribution in [0.5, 0.6) is 5.75 Å². The molecule has 10 nitrogen and oxygen atoms in total. The zero-order valence-corrected chi connectivity index (χ0v) is 27.3. The van der Waals surface area contributed by atoms with E-state index in [-0.39, 0.29) is 36.4 Å². The Balaban J connectivity index is 1.11. The van der Waals surface area contributed by atoms with Crippen molar-refractivity contribution in [3.63, 3.8) is 0 Å². The molecule has 0 radical (unpaired) electrons. The first-order valence-electron chi connectivity index (χ1n) is 14.4. The predicted octanol–water partition coefficient (Wildman–Crippen LogP) is 4.71. The average Bonchev–Trinajstić information content (AvgIpc) is 3.65. The molecule has 1 fully saturated rings. The molecular formula is C31H29ClN4O6S3. The van der Waals surface area contributed by atoms with E-state index >= 15 is 0 Å². The van der Waals surface area contributed by atoms with Gasteiger partial charge in [-0.25, -0.2) is 13.2 Å². The van der Waals surface area contributed by atoms with Gasteiger partial charge in [-0.15, -0.1) is 11.3 Å². The van der Waals surface area contributed by atoms with Gasteiger partial charge >= 0.3 is 5.63 Å². The molecule has 3 aliphatic heterocycles. The van der Waals surface area contributed by atoms with Crippen LogP contribution in [0.25, 0.3) is 21.1 Å². The lowest BCUT2D eigenvalue weighted by atomic mass is 10.1. The molecule has 0 spiro atoms. The van der Waals surface area contributed by atoms with Crippen LogP contribution >= 0.6 is 34.7 Å². The molecule has 1 amide bonds. The molecule has 2 atom stereocenters. The van der Waals surface area contributed by atoms with E-state index in [2.05, 4.69) is 10.6 Å². The van der Waals surface area contributed by atoms with Crippen LogP contribution < -0.4 is 21.0 Å². The molecule has 45 heavy (non-hydrogen) atoms. The molecule has 1 saturated heterocycles. The van der Waals surface area contributed by atoms with Crippen molar-refractivity contribution in [1.29, 1.82) is 0 Å². The van der Waals surface area contributed by atoms with Gasteiger partial charge in [0.15, 0.2) is 5.37 Å². The number of benzene rings is 2. The molecule has 234 valence electrons. The minimum atomic E-state index is -3.82. The second-order valence-corrected chi connectivity index (χ2v) is 15.9. The monoisotopic (exact) mass is 684 g/mol. The summed E-state index contributed by atoms with van der Waals surface area (Å²) in [5, 5.41) is 8.25. The number of hydrogen-bond donors (Lipinski definition) is 2. The van der Waals surface area contributed by atoms with Crippen molar-refractivity contribution in [2.24, 2.45) is 0 Å². The molecule has 2 aromatic heterocycles. The summed E-state index contributed by atoms with van der Waals surface area (Å²) in [4.78, 5) is 28.5. The highest BCUT2D eigenvalue weighted by Crippen LogP contribution is 2.36. The van der Waals surface area contributed by atoms with Crippen molar-refractivity contribution in [2.45, 2.75) is 29.0 Å². The van der Waals surface area contributed by atoms with Crippen molar-refractivity contribution in [1.82, 2.24) is 19.8 Å². The Bertz CT molecular complexity index is 2060. The topological polar surface area (TPSA) is 121 Å². The first-order chi connectivity index (χ1) is 21.6. The van der Waals surface area contributed by atoms with E-state index in [0.29, 0.717) is 29.3 Å². The summed E-state index contributed by atoms with van der Waals surface area (Å²) in [6.45, 7) is 3.42. The highest BCUT2D eigenvalue weighted by atomic mass is 35.5. The highest BCUT2D eigenvalue weighted by molar-refractivity contribution is 8.04. The quantitative estimate of drug-likeness (QED) is 0.267. The summed E-state index contributed by atoms with van der Waals surface area (Å²) in [6.07, 6.45) is 2.39. The van der Waals surface area contributed by atoms with Crippen molar-refractivity contribution in [3.05, 3.63) is 92.4 Å². The van der Waals surface area contributed by atoms with Gasteiger partial charge in [0.05, 0.1) is 6.61 Å². The molecule has 2 N–H and O–H groups in total. The van der Waals surface area contributed by atoms with E-state index in [1.54, 1.807) is 47.4 Å². The first kappa shape index (κ1) is 30.2. The lowest BCUT2D eigenvalue weighted by molar-refractivity contribution is -0.135. The Morgan fingerprint density at radius 1 is 1.11 bits per heavy atom. The Kier molecular flexibility index (Phi) is 8.07. The number of allylic oxidation sites excluding steroid dienone is 2. The number of piperazine rings is 1. The number of nitrogens with zero attached hydrogens (tertiary/aromatic N) is 2. The minimum Gasteiger partial charge on any atom is -0.493 e. The molecule has 7 rings (SSSR count). The number of fused-ring (bicyclic) bond motifs is 2. The molecule has 2 unspecified atom stereocenters. The van der Waals surface area contributed by atoms with Crippen LogP contribution in [0.1, 0.15) is 13.3 Å². The molecule has 2 aromatic carbocycles. The van der Waals surface area contributed by atoms with Crippen molar-refractivity contribution >= 4 is 71.7 Å². The smallest absolute Gasteiger partial charge is 0.336 e. The summed E-state index contributed by atoms with van der Waals surface area (Å²) in [7, 11) is -3.82. The lowest BCUT2D eigenvalue weighted by Gasteiger charge is -2.41.